The van der Waals surface area contributed by atoms with Crippen LogP contribution in [0.25, 0.3) is 0 Å². The summed E-state index contributed by atoms with van der Waals surface area (Å²) in [6, 6.07) is 1.53. The Morgan fingerprint density at radius 3 is 2.29 bits per heavy atom. The van der Waals surface area contributed by atoms with Gasteiger partial charge < -0.3 is 10.2 Å². The highest BCUT2D eigenvalue weighted by Crippen LogP contribution is 2.62. The van der Waals surface area contributed by atoms with Gasteiger partial charge in [0.1, 0.15) is 0 Å². The number of rotatable bonds is 4. The largest absolute Gasteiger partial charge is 0.313 e. The predicted octanol–water partition coefficient (Wildman–Crippen LogP) is 2.89. The number of nitrogens with zero attached hydrogens (tertiary/aromatic N) is 1. The molecule has 0 bridgehead atoms. The molecule has 0 spiro atoms. The first kappa shape index (κ1) is 13.4. The van der Waals surface area contributed by atoms with E-state index in [1.165, 1.54) is 38.8 Å². The Hall–Kier alpha value is -0.0800. The summed E-state index contributed by atoms with van der Waals surface area (Å²) in [4.78, 5) is 2.55. The van der Waals surface area contributed by atoms with Gasteiger partial charge in [0.25, 0.3) is 0 Å². The summed E-state index contributed by atoms with van der Waals surface area (Å²) in [6.45, 7) is 12.0. The van der Waals surface area contributed by atoms with Gasteiger partial charge in [0.2, 0.25) is 0 Å². The lowest BCUT2D eigenvalue weighted by Crippen LogP contribution is -2.38. The number of hydrogen-bond acceptors (Lipinski definition) is 2. The molecule has 2 fully saturated rings. The first-order chi connectivity index (χ1) is 7.87. The minimum atomic E-state index is 0.478. The van der Waals surface area contributed by atoms with Crippen LogP contribution in [0.5, 0.6) is 0 Å². The molecule has 0 aromatic carbocycles. The van der Waals surface area contributed by atoms with Crippen molar-refractivity contribution in [3.05, 3.63) is 0 Å². The van der Waals surface area contributed by atoms with E-state index < -0.39 is 0 Å². The SMILES string of the molecule is CN1CCCCC1CCNC1C(C)(C)C1(C)C. The fraction of sp³-hybridized carbons (Fsp3) is 1.00. The van der Waals surface area contributed by atoms with Gasteiger partial charge in [0.05, 0.1) is 0 Å². The molecule has 1 aliphatic carbocycles. The topological polar surface area (TPSA) is 15.3 Å². The maximum absolute atomic E-state index is 3.78. The molecule has 2 heteroatoms. The minimum Gasteiger partial charge on any atom is -0.313 e. The Morgan fingerprint density at radius 1 is 1.12 bits per heavy atom. The van der Waals surface area contributed by atoms with Gasteiger partial charge in [-0.15, -0.1) is 0 Å². The lowest BCUT2D eigenvalue weighted by molar-refractivity contribution is 0.175. The summed E-state index contributed by atoms with van der Waals surface area (Å²) in [7, 11) is 2.29. The Labute approximate surface area is 107 Å². The summed E-state index contributed by atoms with van der Waals surface area (Å²) in [6.07, 6.45) is 5.54. The van der Waals surface area contributed by atoms with Crippen molar-refractivity contribution in [1.82, 2.24) is 10.2 Å². The molecule has 1 saturated heterocycles. The van der Waals surface area contributed by atoms with E-state index in [0.29, 0.717) is 16.9 Å². The highest BCUT2D eigenvalue weighted by atomic mass is 15.1. The summed E-state index contributed by atoms with van der Waals surface area (Å²) in [5.41, 5.74) is 0.955. The van der Waals surface area contributed by atoms with E-state index in [2.05, 4.69) is 45.0 Å². The lowest BCUT2D eigenvalue weighted by atomic mass is 10.0. The zero-order valence-electron chi connectivity index (χ0n) is 12.3. The van der Waals surface area contributed by atoms with Crippen LogP contribution in [0.15, 0.2) is 0 Å². The molecule has 100 valence electrons. The molecule has 0 aromatic heterocycles. The standard InChI is InChI=1S/C15H30N2/c1-14(2)13(15(14,3)4)16-10-9-12-8-6-7-11-17(12)5/h12-13,16H,6-11H2,1-5H3. The monoisotopic (exact) mass is 238 g/mol. The van der Waals surface area contributed by atoms with Gasteiger partial charge >= 0.3 is 0 Å². The smallest absolute Gasteiger partial charge is 0.0181 e. The van der Waals surface area contributed by atoms with Crippen molar-refractivity contribution in [3.63, 3.8) is 0 Å². The maximum atomic E-state index is 3.78. The molecule has 0 amide bonds. The van der Waals surface area contributed by atoms with E-state index in [-0.39, 0.29) is 0 Å². The first-order valence-electron chi connectivity index (χ1n) is 7.31. The van der Waals surface area contributed by atoms with Crippen LogP contribution in [0.1, 0.15) is 53.4 Å². The molecule has 1 atom stereocenters. The summed E-state index contributed by atoms with van der Waals surface area (Å²) < 4.78 is 0. The number of piperidine rings is 1. The second-order valence-corrected chi connectivity index (χ2v) is 7.25. The lowest BCUT2D eigenvalue weighted by Gasteiger charge is -2.32. The Bertz CT molecular complexity index is 256. The van der Waals surface area contributed by atoms with Crippen molar-refractivity contribution >= 4 is 0 Å². The van der Waals surface area contributed by atoms with Crippen molar-refractivity contribution in [2.24, 2.45) is 10.8 Å². The molecule has 1 unspecified atom stereocenters. The van der Waals surface area contributed by atoms with Gasteiger partial charge in [-0.25, -0.2) is 0 Å². The van der Waals surface area contributed by atoms with Crippen molar-refractivity contribution in [1.29, 1.82) is 0 Å². The Kier molecular flexibility index (Phi) is 3.57. The molecule has 0 aromatic rings. The van der Waals surface area contributed by atoms with Crippen LogP contribution in [0.3, 0.4) is 0 Å². The van der Waals surface area contributed by atoms with E-state index in [9.17, 15) is 0 Å². The van der Waals surface area contributed by atoms with Crippen LogP contribution < -0.4 is 5.32 Å². The van der Waals surface area contributed by atoms with Crippen molar-refractivity contribution in [3.8, 4) is 0 Å². The Morgan fingerprint density at radius 2 is 1.76 bits per heavy atom. The van der Waals surface area contributed by atoms with Gasteiger partial charge in [0.15, 0.2) is 0 Å². The molecule has 1 saturated carbocycles. The molecule has 1 aliphatic heterocycles. The molecular weight excluding hydrogens is 208 g/mol. The highest BCUT2D eigenvalue weighted by Gasteiger charge is 2.64. The summed E-state index contributed by atoms with van der Waals surface area (Å²) in [5.74, 6) is 0. The molecule has 17 heavy (non-hydrogen) atoms. The molecule has 1 N–H and O–H groups in total. The van der Waals surface area contributed by atoms with Crippen molar-refractivity contribution < 1.29 is 0 Å². The molecule has 2 nitrogen and oxygen atoms in total. The molecule has 0 radical (unpaired) electrons. The quantitative estimate of drug-likeness (QED) is 0.810. The second kappa shape index (κ2) is 4.55. The third kappa shape index (κ3) is 2.39. The Balaban J connectivity index is 1.70. The average molecular weight is 238 g/mol. The zero-order valence-corrected chi connectivity index (χ0v) is 12.3. The third-order valence-electron chi connectivity index (χ3n) is 5.77. The van der Waals surface area contributed by atoms with Gasteiger partial charge in [-0.1, -0.05) is 34.1 Å². The van der Waals surface area contributed by atoms with Crippen LogP contribution >= 0.6 is 0 Å². The minimum absolute atomic E-state index is 0.478. The van der Waals surface area contributed by atoms with Gasteiger partial charge in [-0.3, -0.25) is 0 Å². The predicted molar refractivity (Wildman–Crippen MR) is 74.2 cm³/mol. The van der Waals surface area contributed by atoms with E-state index in [4.69, 9.17) is 0 Å². The van der Waals surface area contributed by atoms with Gasteiger partial charge in [-0.2, -0.15) is 0 Å². The van der Waals surface area contributed by atoms with Crippen LogP contribution in [-0.4, -0.2) is 37.1 Å². The fourth-order valence-electron chi connectivity index (χ4n) is 3.61. The molecular formula is C15H30N2. The maximum Gasteiger partial charge on any atom is 0.0181 e. The van der Waals surface area contributed by atoms with E-state index in [1.807, 2.05) is 0 Å². The fourth-order valence-corrected chi connectivity index (χ4v) is 3.61. The average Bonchev–Trinajstić information content (AvgIpc) is 2.63. The second-order valence-electron chi connectivity index (χ2n) is 7.25. The summed E-state index contributed by atoms with van der Waals surface area (Å²) in [5, 5.41) is 3.78. The zero-order chi connectivity index (χ0) is 12.7. The first-order valence-corrected chi connectivity index (χ1v) is 7.31. The van der Waals surface area contributed by atoms with Crippen LogP contribution in [0.2, 0.25) is 0 Å². The van der Waals surface area contributed by atoms with Crippen LogP contribution in [0.4, 0.5) is 0 Å². The van der Waals surface area contributed by atoms with Gasteiger partial charge in [-0.05, 0) is 50.2 Å². The third-order valence-corrected chi connectivity index (χ3v) is 5.77. The molecule has 2 aliphatic rings. The number of nitrogens with one attached hydrogen (secondary N) is 1. The van der Waals surface area contributed by atoms with Crippen molar-refractivity contribution in [2.75, 3.05) is 20.1 Å². The number of likely N-dealkylation sites (tertiary alicyclic amines) is 1. The molecule has 1 heterocycles. The normalized spacial score (nSPS) is 32.6. The molecule has 2 rings (SSSR count). The number of hydrogen-bond donors (Lipinski definition) is 1. The van der Waals surface area contributed by atoms with Gasteiger partial charge in [0, 0.05) is 12.1 Å². The summed E-state index contributed by atoms with van der Waals surface area (Å²) >= 11 is 0. The highest BCUT2D eigenvalue weighted by molar-refractivity contribution is 5.17. The van der Waals surface area contributed by atoms with E-state index in [1.54, 1.807) is 0 Å². The van der Waals surface area contributed by atoms with E-state index >= 15 is 0 Å². The van der Waals surface area contributed by atoms with Crippen molar-refractivity contribution in [2.45, 2.75) is 65.5 Å². The van der Waals surface area contributed by atoms with Crippen LogP contribution in [0, 0.1) is 10.8 Å². The van der Waals surface area contributed by atoms with Crippen LogP contribution in [-0.2, 0) is 0 Å². The van der Waals surface area contributed by atoms with E-state index in [0.717, 1.165) is 6.04 Å².